The zero-order chi connectivity index (χ0) is 24.8. The minimum absolute atomic E-state index is 0.0409. The Kier molecular flexibility index (Phi) is 8.15. The molecule has 1 fully saturated rings. The number of thiocarbonyl (C=S) groups is 1. The van der Waals surface area contributed by atoms with E-state index in [9.17, 15) is 9.59 Å². The van der Waals surface area contributed by atoms with Crippen molar-refractivity contribution in [3.05, 3.63) is 87.9 Å². The summed E-state index contributed by atoms with van der Waals surface area (Å²) >= 11 is 8.81. The Bertz CT molecular complexity index is 1250. The smallest absolute Gasteiger partial charge is 0.257 e. The minimum atomic E-state index is -0.339. The number of carbonyl (C=O) groups excluding carboxylic acids is 2. The van der Waals surface area contributed by atoms with Gasteiger partial charge in [-0.15, -0.1) is 0 Å². The second-order valence-corrected chi connectivity index (χ2v) is 9.69. The maximum absolute atomic E-state index is 12.7. The van der Waals surface area contributed by atoms with Gasteiger partial charge in [-0.3, -0.25) is 14.9 Å². The summed E-state index contributed by atoms with van der Waals surface area (Å²) in [6.45, 7) is 2.46. The van der Waals surface area contributed by atoms with Crippen molar-refractivity contribution in [2.75, 3.05) is 17.2 Å². The van der Waals surface area contributed by atoms with E-state index in [1.165, 1.54) is 5.56 Å². The van der Waals surface area contributed by atoms with Gasteiger partial charge in [0.25, 0.3) is 5.91 Å². The third-order valence-electron chi connectivity index (χ3n) is 5.61. The van der Waals surface area contributed by atoms with Crippen LogP contribution < -0.4 is 20.7 Å². The first-order valence-electron chi connectivity index (χ1n) is 11.4. The van der Waals surface area contributed by atoms with Gasteiger partial charge in [-0.1, -0.05) is 36.4 Å². The van der Waals surface area contributed by atoms with Crippen molar-refractivity contribution in [2.45, 2.75) is 26.2 Å². The Hall–Kier alpha value is -3.23. The van der Waals surface area contributed by atoms with Gasteiger partial charge in [0.05, 0.1) is 11.1 Å². The molecule has 3 aromatic carbocycles. The van der Waals surface area contributed by atoms with E-state index in [-0.39, 0.29) is 22.8 Å². The highest BCUT2D eigenvalue weighted by atomic mass is 79.9. The maximum Gasteiger partial charge on any atom is 0.257 e. The highest BCUT2D eigenvalue weighted by molar-refractivity contribution is 9.10. The monoisotopic (exact) mass is 551 g/mol. The molecule has 3 N–H and O–H groups in total. The summed E-state index contributed by atoms with van der Waals surface area (Å²) in [6.07, 6.45) is 2.67. The summed E-state index contributed by atoms with van der Waals surface area (Å²) in [5.74, 6) is 0.484. The average molecular weight is 552 g/mol. The largest absolute Gasteiger partial charge is 0.492 e. The number of halogens is 1. The number of rotatable bonds is 8. The Morgan fingerprint density at radius 3 is 2.51 bits per heavy atom. The lowest BCUT2D eigenvalue weighted by Gasteiger charge is -2.14. The van der Waals surface area contributed by atoms with Crippen molar-refractivity contribution in [3.63, 3.8) is 0 Å². The van der Waals surface area contributed by atoms with Crippen molar-refractivity contribution in [1.29, 1.82) is 0 Å². The topological polar surface area (TPSA) is 79.5 Å². The Morgan fingerprint density at radius 1 is 1.03 bits per heavy atom. The number of amides is 2. The fourth-order valence-electron chi connectivity index (χ4n) is 3.44. The van der Waals surface area contributed by atoms with E-state index in [4.69, 9.17) is 17.0 Å². The molecule has 6 nitrogen and oxygen atoms in total. The van der Waals surface area contributed by atoms with Gasteiger partial charge in [-0.05, 0) is 89.4 Å². The molecule has 0 spiro atoms. The lowest BCUT2D eigenvalue weighted by Crippen LogP contribution is -2.34. The van der Waals surface area contributed by atoms with Crippen LogP contribution in [0, 0.1) is 12.8 Å². The molecule has 0 atom stereocenters. The van der Waals surface area contributed by atoms with Gasteiger partial charge < -0.3 is 15.4 Å². The van der Waals surface area contributed by atoms with Gasteiger partial charge in [-0.25, -0.2) is 0 Å². The number of benzene rings is 3. The third kappa shape index (κ3) is 7.13. The van der Waals surface area contributed by atoms with Crippen LogP contribution in [0.25, 0.3) is 0 Å². The molecule has 35 heavy (non-hydrogen) atoms. The molecule has 8 heteroatoms. The molecular weight excluding hydrogens is 526 g/mol. The quantitative estimate of drug-likeness (QED) is 0.306. The van der Waals surface area contributed by atoms with Crippen LogP contribution in [0.5, 0.6) is 5.75 Å². The predicted molar refractivity (Wildman–Crippen MR) is 146 cm³/mol. The third-order valence-corrected chi connectivity index (χ3v) is 6.44. The number of hydrogen-bond acceptors (Lipinski definition) is 4. The zero-order valence-electron chi connectivity index (χ0n) is 19.3. The van der Waals surface area contributed by atoms with Crippen molar-refractivity contribution in [2.24, 2.45) is 5.92 Å². The molecule has 1 saturated carbocycles. The van der Waals surface area contributed by atoms with Crippen molar-refractivity contribution < 1.29 is 14.3 Å². The molecule has 1 aliphatic rings. The number of ether oxygens (including phenoxy) is 1. The predicted octanol–water partition coefficient (Wildman–Crippen LogP) is 5.85. The van der Waals surface area contributed by atoms with Crippen LogP contribution in [0.4, 0.5) is 11.4 Å². The molecule has 2 amide bonds. The summed E-state index contributed by atoms with van der Waals surface area (Å²) in [5.41, 5.74) is 4.00. The van der Waals surface area contributed by atoms with Gasteiger partial charge >= 0.3 is 0 Å². The summed E-state index contributed by atoms with van der Waals surface area (Å²) in [5, 5.41) is 8.83. The van der Waals surface area contributed by atoms with E-state index in [2.05, 4.69) is 44.0 Å². The van der Waals surface area contributed by atoms with E-state index in [1.807, 2.05) is 43.3 Å². The van der Waals surface area contributed by atoms with Crippen LogP contribution in [-0.2, 0) is 11.2 Å². The first-order chi connectivity index (χ1) is 16.9. The van der Waals surface area contributed by atoms with Crippen LogP contribution in [0.3, 0.4) is 0 Å². The zero-order valence-corrected chi connectivity index (χ0v) is 21.7. The second-order valence-electron chi connectivity index (χ2n) is 8.43. The number of carbonyl (C=O) groups is 2. The van der Waals surface area contributed by atoms with Crippen LogP contribution >= 0.6 is 28.1 Å². The van der Waals surface area contributed by atoms with Gasteiger partial charge in [0, 0.05) is 29.3 Å². The molecule has 0 unspecified atom stereocenters. The Morgan fingerprint density at radius 2 is 1.80 bits per heavy atom. The van der Waals surface area contributed by atoms with E-state index in [0.29, 0.717) is 28.1 Å². The molecule has 0 aliphatic heterocycles. The maximum atomic E-state index is 12.7. The number of anilines is 2. The fourth-order valence-corrected chi connectivity index (χ4v) is 4.14. The van der Waals surface area contributed by atoms with Gasteiger partial charge in [-0.2, -0.15) is 0 Å². The number of nitrogens with one attached hydrogen (secondary N) is 3. The van der Waals surface area contributed by atoms with Crippen molar-refractivity contribution in [3.8, 4) is 5.75 Å². The first-order valence-corrected chi connectivity index (χ1v) is 12.6. The summed E-state index contributed by atoms with van der Waals surface area (Å²) in [7, 11) is 0. The van der Waals surface area contributed by atoms with E-state index < -0.39 is 0 Å². The molecule has 1 aliphatic carbocycles. The molecule has 0 radical (unpaired) electrons. The molecule has 0 bridgehead atoms. The van der Waals surface area contributed by atoms with E-state index >= 15 is 0 Å². The Balaban J connectivity index is 1.30. The number of hydrogen-bond donors (Lipinski definition) is 3. The molecule has 180 valence electrons. The molecule has 4 rings (SSSR count). The molecule has 0 aromatic heterocycles. The highest BCUT2D eigenvalue weighted by Crippen LogP contribution is 2.31. The second kappa shape index (κ2) is 11.5. The number of aryl methyl sites for hydroxylation is 1. The van der Waals surface area contributed by atoms with Gasteiger partial charge in [0.1, 0.15) is 5.75 Å². The molecule has 3 aromatic rings. The van der Waals surface area contributed by atoms with Crippen molar-refractivity contribution in [1.82, 2.24) is 5.32 Å². The SMILES string of the molecule is Cc1ccc(NC(=S)NC(=O)c2ccc(OCCc3ccccc3)c(Br)c2)cc1NC(=O)C1CC1. The van der Waals surface area contributed by atoms with E-state index in [1.54, 1.807) is 18.2 Å². The summed E-state index contributed by atoms with van der Waals surface area (Å²) in [6, 6.07) is 20.8. The first kappa shape index (κ1) is 24.9. The highest BCUT2D eigenvalue weighted by Gasteiger charge is 2.29. The van der Waals surface area contributed by atoms with Crippen LogP contribution in [-0.4, -0.2) is 23.5 Å². The van der Waals surface area contributed by atoms with E-state index in [0.717, 1.165) is 30.5 Å². The van der Waals surface area contributed by atoms with Gasteiger partial charge in [0.2, 0.25) is 5.91 Å². The molecular formula is C27H26BrN3O3S. The van der Waals surface area contributed by atoms with Gasteiger partial charge in [0.15, 0.2) is 5.11 Å². The molecule has 0 saturated heterocycles. The van der Waals surface area contributed by atoms with Crippen molar-refractivity contribution >= 4 is 56.4 Å². The summed E-state index contributed by atoms with van der Waals surface area (Å²) < 4.78 is 6.54. The summed E-state index contributed by atoms with van der Waals surface area (Å²) in [4.78, 5) is 24.8. The Labute approximate surface area is 218 Å². The van der Waals surface area contributed by atoms with Crippen LogP contribution in [0.1, 0.15) is 34.3 Å². The lowest BCUT2D eigenvalue weighted by atomic mass is 10.1. The average Bonchev–Trinajstić information content (AvgIpc) is 3.68. The molecule has 0 heterocycles. The standard InChI is InChI=1S/C27H26BrN3O3S/c1-17-7-11-21(16-23(17)30-25(32)19-8-9-19)29-27(35)31-26(33)20-10-12-24(22(28)15-20)34-14-13-18-5-3-2-4-6-18/h2-7,10-12,15-16,19H,8-9,13-14H2,1H3,(H,30,32)(H2,29,31,33,35). The minimum Gasteiger partial charge on any atom is -0.492 e. The van der Waals surface area contributed by atoms with Crippen LogP contribution in [0.15, 0.2) is 71.2 Å². The normalized spacial score (nSPS) is 12.5. The van der Waals surface area contributed by atoms with Crippen LogP contribution in [0.2, 0.25) is 0 Å². The fraction of sp³-hybridized carbons (Fsp3) is 0.222. The lowest BCUT2D eigenvalue weighted by molar-refractivity contribution is -0.117.